The van der Waals surface area contributed by atoms with Crippen molar-refractivity contribution in [3.63, 3.8) is 0 Å². The molecule has 1 aliphatic carbocycles. The lowest BCUT2D eigenvalue weighted by molar-refractivity contribution is 0.361. The summed E-state index contributed by atoms with van der Waals surface area (Å²) < 4.78 is 5.57. The van der Waals surface area contributed by atoms with Crippen molar-refractivity contribution >= 4 is 29.5 Å². The first-order valence-corrected chi connectivity index (χ1v) is 8.02. The molecule has 0 aromatic heterocycles. The lowest BCUT2D eigenvalue weighted by Crippen LogP contribution is -2.12. The van der Waals surface area contributed by atoms with Crippen molar-refractivity contribution in [1.82, 2.24) is 5.32 Å². The van der Waals surface area contributed by atoms with E-state index in [0.29, 0.717) is 6.61 Å². The molecule has 74 valence electrons. The van der Waals surface area contributed by atoms with Crippen molar-refractivity contribution < 1.29 is 4.52 Å². The highest BCUT2D eigenvalue weighted by molar-refractivity contribution is 8.63. The van der Waals surface area contributed by atoms with E-state index in [4.69, 9.17) is 16.3 Å². The van der Waals surface area contributed by atoms with Gasteiger partial charge in [-0.25, -0.2) is 0 Å². The van der Waals surface area contributed by atoms with Crippen molar-refractivity contribution in [2.75, 3.05) is 20.2 Å². The summed E-state index contributed by atoms with van der Waals surface area (Å²) in [6.07, 6.45) is 7.01. The van der Waals surface area contributed by atoms with Crippen LogP contribution in [-0.2, 0) is 16.3 Å². The molecular formula is C8H14NOPS2. The fourth-order valence-corrected chi connectivity index (χ4v) is 3.43. The molecule has 1 unspecified atom stereocenters. The van der Waals surface area contributed by atoms with Gasteiger partial charge in [-0.3, -0.25) is 0 Å². The summed E-state index contributed by atoms with van der Waals surface area (Å²) >= 11 is 9.76. The average molecular weight is 235 g/mol. The zero-order chi connectivity index (χ0) is 9.73. The smallest absolute Gasteiger partial charge is 0.142 e. The van der Waals surface area contributed by atoms with Gasteiger partial charge < -0.3 is 9.84 Å². The fraction of sp³-hybridized carbons (Fsp3) is 0.500. The van der Waals surface area contributed by atoms with E-state index in [-0.39, 0.29) is 0 Å². The van der Waals surface area contributed by atoms with Crippen LogP contribution in [-0.4, -0.2) is 20.2 Å². The van der Waals surface area contributed by atoms with E-state index in [1.165, 1.54) is 0 Å². The predicted octanol–water partition coefficient (Wildman–Crippen LogP) is 2.31. The van der Waals surface area contributed by atoms with Crippen LogP contribution in [0.1, 0.15) is 6.42 Å². The van der Waals surface area contributed by atoms with Crippen molar-refractivity contribution in [1.29, 1.82) is 0 Å². The minimum Gasteiger partial charge on any atom is -0.337 e. The Labute approximate surface area is 89.7 Å². The van der Waals surface area contributed by atoms with Crippen LogP contribution in [0.25, 0.3) is 0 Å². The molecule has 0 aliphatic heterocycles. The molecule has 0 fully saturated rings. The Morgan fingerprint density at radius 2 is 2.54 bits per heavy atom. The molecule has 5 heteroatoms. The molecule has 0 bridgehead atoms. The third kappa shape index (κ3) is 3.56. The number of nitrogens with one attached hydrogen (secondary N) is 1. The second kappa shape index (κ2) is 5.32. The molecule has 0 heterocycles. The van der Waals surface area contributed by atoms with Crippen molar-refractivity contribution in [3.05, 3.63) is 23.5 Å². The van der Waals surface area contributed by atoms with E-state index >= 15 is 0 Å². The van der Waals surface area contributed by atoms with Crippen LogP contribution in [0, 0.1) is 0 Å². The first-order valence-electron chi connectivity index (χ1n) is 4.15. The van der Waals surface area contributed by atoms with E-state index in [0.717, 1.165) is 18.3 Å². The lowest BCUT2D eigenvalue weighted by Gasteiger charge is -2.17. The maximum absolute atomic E-state index is 5.57. The summed E-state index contributed by atoms with van der Waals surface area (Å²) in [4.78, 5) is 0. The van der Waals surface area contributed by atoms with Gasteiger partial charge in [-0.2, -0.15) is 0 Å². The highest BCUT2D eigenvalue weighted by Gasteiger charge is 2.18. The summed E-state index contributed by atoms with van der Waals surface area (Å²) in [5.74, 6) is 0. The quantitative estimate of drug-likeness (QED) is 0.434. The van der Waals surface area contributed by atoms with E-state index in [2.05, 4.69) is 23.6 Å². The normalized spacial score (nSPS) is 20.0. The zero-order valence-corrected chi connectivity index (χ0v) is 10.2. The first kappa shape index (κ1) is 11.5. The molecule has 0 saturated heterocycles. The number of likely N-dealkylation sites (N-methyl/N-ethyl adjacent to an activating group) is 1. The minimum atomic E-state index is -1.98. The van der Waals surface area contributed by atoms with Gasteiger partial charge in [0.15, 0.2) is 0 Å². The molecule has 0 aromatic rings. The molecule has 0 saturated carbocycles. The number of hydrogen-bond acceptors (Lipinski definition) is 3. The zero-order valence-electron chi connectivity index (χ0n) is 7.56. The minimum absolute atomic E-state index is 0.634. The molecule has 0 radical (unpaired) electrons. The topological polar surface area (TPSA) is 21.3 Å². The maximum atomic E-state index is 5.57. The van der Waals surface area contributed by atoms with Crippen LogP contribution < -0.4 is 5.32 Å². The van der Waals surface area contributed by atoms with Gasteiger partial charge in [0.2, 0.25) is 0 Å². The number of thiol groups is 1. The average Bonchev–Trinajstić information content (AvgIpc) is 2.56. The molecule has 0 amide bonds. The van der Waals surface area contributed by atoms with Crippen LogP contribution >= 0.6 is 17.7 Å². The Morgan fingerprint density at radius 3 is 3.08 bits per heavy atom. The summed E-state index contributed by atoms with van der Waals surface area (Å²) in [5, 5.41) is 4.16. The lowest BCUT2D eigenvalue weighted by atomic mass is 10.5. The Hall–Kier alpha value is 0.400. The Morgan fingerprint density at radius 1 is 1.77 bits per heavy atom. The third-order valence-corrected chi connectivity index (χ3v) is 5.46. The molecular weight excluding hydrogens is 221 g/mol. The van der Waals surface area contributed by atoms with Gasteiger partial charge in [0, 0.05) is 11.9 Å². The van der Waals surface area contributed by atoms with Crippen LogP contribution in [0.15, 0.2) is 23.5 Å². The Bertz CT molecular complexity index is 275. The van der Waals surface area contributed by atoms with E-state index < -0.39 is 5.47 Å². The van der Waals surface area contributed by atoms with Gasteiger partial charge in [0.1, 0.15) is 5.47 Å². The van der Waals surface area contributed by atoms with Crippen molar-refractivity contribution in [2.45, 2.75) is 6.42 Å². The van der Waals surface area contributed by atoms with Gasteiger partial charge in [0.05, 0.1) is 6.61 Å². The third-order valence-electron chi connectivity index (χ3n) is 1.73. The highest BCUT2D eigenvalue weighted by Crippen LogP contribution is 2.61. The highest BCUT2D eigenvalue weighted by atomic mass is 32.9. The molecule has 0 aromatic carbocycles. The molecule has 1 aliphatic rings. The first-order chi connectivity index (χ1) is 6.17. The maximum Gasteiger partial charge on any atom is 0.142 e. The van der Waals surface area contributed by atoms with E-state index in [1.807, 2.05) is 19.2 Å². The standard InChI is InChI=1S/C8H14NOPS2/c1-9-6-7-10-11(12,13)8-4-2-3-5-8/h2-4,9H,5-7H2,1H3,(H,12,13). The van der Waals surface area contributed by atoms with Crippen LogP contribution in [0.4, 0.5) is 0 Å². The van der Waals surface area contributed by atoms with Gasteiger partial charge >= 0.3 is 0 Å². The van der Waals surface area contributed by atoms with E-state index in [9.17, 15) is 0 Å². The van der Waals surface area contributed by atoms with Crippen molar-refractivity contribution in [2.24, 2.45) is 0 Å². The SMILES string of the molecule is CNCCOP(=S)(S)C1=CC=CC1. The summed E-state index contributed by atoms with van der Waals surface area (Å²) in [6.45, 7) is 1.45. The predicted molar refractivity (Wildman–Crippen MR) is 65.0 cm³/mol. The fourth-order valence-electron chi connectivity index (χ4n) is 1.000. The second-order valence-corrected chi connectivity index (χ2v) is 8.67. The van der Waals surface area contributed by atoms with Gasteiger partial charge in [-0.1, -0.05) is 30.0 Å². The second-order valence-electron chi connectivity index (χ2n) is 2.75. The van der Waals surface area contributed by atoms with Gasteiger partial charge in [-0.05, 0) is 13.5 Å². The monoisotopic (exact) mass is 235 g/mol. The number of rotatable bonds is 5. The van der Waals surface area contributed by atoms with E-state index in [1.54, 1.807) is 0 Å². The number of hydrogen-bond donors (Lipinski definition) is 2. The molecule has 2 nitrogen and oxygen atoms in total. The molecule has 1 rings (SSSR count). The molecule has 1 N–H and O–H groups in total. The van der Waals surface area contributed by atoms with Gasteiger partial charge in [-0.15, -0.1) is 12.2 Å². The summed E-state index contributed by atoms with van der Waals surface area (Å²) in [5.41, 5.74) is -1.98. The largest absolute Gasteiger partial charge is 0.337 e. The van der Waals surface area contributed by atoms with Gasteiger partial charge in [0.25, 0.3) is 0 Å². The van der Waals surface area contributed by atoms with Crippen LogP contribution in [0.2, 0.25) is 0 Å². The Kier molecular flexibility index (Phi) is 4.70. The summed E-state index contributed by atoms with van der Waals surface area (Å²) in [7, 11) is 1.89. The summed E-state index contributed by atoms with van der Waals surface area (Å²) in [6, 6.07) is 0. The Balaban J connectivity index is 2.42. The molecule has 0 spiro atoms. The van der Waals surface area contributed by atoms with Crippen LogP contribution in [0.3, 0.4) is 0 Å². The molecule has 13 heavy (non-hydrogen) atoms. The van der Waals surface area contributed by atoms with Crippen molar-refractivity contribution in [3.8, 4) is 0 Å². The number of allylic oxidation sites excluding steroid dienone is 4. The van der Waals surface area contributed by atoms with Crippen LogP contribution in [0.5, 0.6) is 0 Å². The molecule has 1 atom stereocenters.